The van der Waals surface area contributed by atoms with Gasteiger partial charge in [-0.15, -0.1) is 0 Å². The van der Waals surface area contributed by atoms with E-state index in [1.165, 1.54) is 5.56 Å². The zero-order chi connectivity index (χ0) is 14.7. The van der Waals surface area contributed by atoms with Crippen molar-refractivity contribution in [3.63, 3.8) is 0 Å². The molecule has 0 saturated heterocycles. The van der Waals surface area contributed by atoms with Crippen molar-refractivity contribution in [2.45, 2.75) is 6.54 Å². The maximum atomic E-state index is 6.21. The minimum absolute atomic E-state index is 0.741. The van der Waals surface area contributed by atoms with Crippen LogP contribution in [-0.2, 0) is 6.54 Å². The van der Waals surface area contributed by atoms with E-state index in [2.05, 4.69) is 57.2 Å². The van der Waals surface area contributed by atoms with Gasteiger partial charge in [-0.3, -0.25) is 0 Å². The van der Waals surface area contributed by atoms with Crippen LogP contribution < -0.4 is 5.32 Å². The van der Waals surface area contributed by atoms with Crippen LogP contribution in [0.15, 0.2) is 61.2 Å². The lowest BCUT2D eigenvalue weighted by molar-refractivity contribution is 1.05. The Balaban J connectivity index is 1.68. The molecule has 0 spiro atoms. The summed E-state index contributed by atoms with van der Waals surface area (Å²) in [6.07, 6.45) is 5.49. The van der Waals surface area contributed by atoms with Crippen molar-refractivity contribution in [3.05, 3.63) is 75.3 Å². The molecule has 0 aliphatic heterocycles. The first-order valence-corrected chi connectivity index (χ1v) is 7.94. The Morgan fingerprint density at radius 1 is 1.14 bits per heavy atom. The molecule has 3 aromatic rings. The molecular formula is C16H13ClIN3. The van der Waals surface area contributed by atoms with Gasteiger partial charge < -0.3 is 9.88 Å². The van der Waals surface area contributed by atoms with Gasteiger partial charge in [0.05, 0.1) is 17.0 Å². The molecule has 0 radical (unpaired) electrons. The number of hydrogen-bond donors (Lipinski definition) is 1. The van der Waals surface area contributed by atoms with E-state index in [0.717, 1.165) is 26.5 Å². The number of benzene rings is 2. The molecule has 1 N–H and O–H groups in total. The lowest BCUT2D eigenvalue weighted by Gasteiger charge is -2.09. The Labute approximate surface area is 142 Å². The molecule has 1 aromatic heterocycles. The van der Waals surface area contributed by atoms with Crippen molar-refractivity contribution >= 4 is 39.9 Å². The van der Waals surface area contributed by atoms with Crippen molar-refractivity contribution in [2.75, 3.05) is 5.32 Å². The van der Waals surface area contributed by atoms with Gasteiger partial charge in [0.2, 0.25) is 0 Å². The van der Waals surface area contributed by atoms with Crippen molar-refractivity contribution < 1.29 is 0 Å². The highest BCUT2D eigenvalue weighted by Crippen LogP contribution is 2.24. The van der Waals surface area contributed by atoms with Crippen LogP contribution in [0.2, 0.25) is 5.02 Å². The third-order valence-electron chi connectivity index (χ3n) is 3.15. The predicted molar refractivity (Wildman–Crippen MR) is 95.1 cm³/mol. The lowest BCUT2D eigenvalue weighted by Crippen LogP contribution is -2.00. The number of rotatable bonds is 4. The maximum absolute atomic E-state index is 6.21. The summed E-state index contributed by atoms with van der Waals surface area (Å²) in [4.78, 5) is 4.05. The van der Waals surface area contributed by atoms with E-state index in [-0.39, 0.29) is 0 Å². The summed E-state index contributed by atoms with van der Waals surface area (Å²) in [7, 11) is 0. The monoisotopic (exact) mass is 409 g/mol. The van der Waals surface area contributed by atoms with E-state index in [1.807, 2.05) is 29.0 Å². The molecule has 1 heterocycles. The Morgan fingerprint density at radius 3 is 2.62 bits per heavy atom. The Kier molecular flexibility index (Phi) is 4.45. The van der Waals surface area contributed by atoms with E-state index in [1.54, 1.807) is 12.5 Å². The zero-order valence-electron chi connectivity index (χ0n) is 11.1. The van der Waals surface area contributed by atoms with Gasteiger partial charge in [-0.1, -0.05) is 23.7 Å². The number of aromatic nitrogens is 2. The van der Waals surface area contributed by atoms with Crippen molar-refractivity contribution in [1.82, 2.24) is 9.55 Å². The highest BCUT2D eigenvalue weighted by Gasteiger charge is 2.01. The first-order chi connectivity index (χ1) is 10.2. The summed E-state index contributed by atoms with van der Waals surface area (Å²) >= 11 is 8.46. The first kappa shape index (κ1) is 14.4. The van der Waals surface area contributed by atoms with Crippen molar-refractivity contribution in [2.24, 2.45) is 0 Å². The number of anilines is 1. The molecule has 0 atom stereocenters. The number of nitrogens with one attached hydrogen (secondary N) is 1. The molecule has 106 valence electrons. The third kappa shape index (κ3) is 3.57. The summed E-state index contributed by atoms with van der Waals surface area (Å²) < 4.78 is 3.11. The van der Waals surface area contributed by atoms with Crippen LogP contribution in [0, 0.1) is 3.57 Å². The van der Waals surface area contributed by atoms with Gasteiger partial charge in [-0.2, -0.15) is 0 Å². The van der Waals surface area contributed by atoms with Crippen LogP contribution in [0.25, 0.3) is 5.69 Å². The second kappa shape index (κ2) is 6.49. The van der Waals surface area contributed by atoms with Gasteiger partial charge >= 0.3 is 0 Å². The number of hydrogen-bond acceptors (Lipinski definition) is 2. The Hall–Kier alpha value is -1.53. The molecule has 0 amide bonds. The fraction of sp³-hybridized carbons (Fsp3) is 0.0625. The second-order valence-corrected chi connectivity index (χ2v) is 6.27. The van der Waals surface area contributed by atoms with E-state index in [4.69, 9.17) is 11.6 Å². The number of imidazole rings is 1. The highest BCUT2D eigenvalue weighted by molar-refractivity contribution is 14.1. The van der Waals surface area contributed by atoms with Gasteiger partial charge in [0.15, 0.2) is 0 Å². The lowest BCUT2D eigenvalue weighted by atomic mass is 10.2. The fourth-order valence-electron chi connectivity index (χ4n) is 2.03. The van der Waals surface area contributed by atoms with Crippen LogP contribution in [0.1, 0.15) is 5.56 Å². The Bertz CT molecular complexity index is 724. The first-order valence-electron chi connectivity index (χ1n) is 6.48. The summed E-state index contributed by atoms with van der Waals surface area (Å²) in [5.74, 6) is 0. The van der Waals surface area contributed by atoms with Gasteiger partial charge in [-0.05, 0) is 58.5 Å². The average Bonchev–Trinajstić information content (AvgIpc) is 3.01. The normalized spacial score (nSPS) is 10.6. The molecule has 21 heavy (non-hydrogen) atoms. The average molecular weight is 410 g/mol. The predicted octanol–water partition coefficient (Wildman–Crippen LogP) is 4.74. The fourth-order valence-corrected chi connectivity index (χ4v) is 2.95. The standard InChI is InChI=1S/C16H13ClIN3/c17-15-9-13(18)3-6-16(15)20-10-12-1-4-14(5-2-12)21-8-7-19-11-21/h1-9,11,20H,10H2. The van der Waals surface area contributed by atoms with Crippen LogP contribution in [0.3, 0.4) is 0 Å². The molecule has 0 unspecified atom stereocenters. The van der Waals surface area contributed by atoms with Crippen LogP contribution in [0.5, 0.6) is 0 Å². The molecule has 0 aliphatic rings. The van der Waals surface area contributed by atoms with Crippen LogP contribution in [0.4, 0.5) is 5.69 Å². The van der Waals surface area contributed by atoms with Gasteiger partial charge in [0.1, 0.15) is 0 Å². The molecular weight excluding hydrogens is 397 g/mol. The van der Waals surface area contributed by atoms with Crippen LogP contribution >= 0.6 is 34.2 Å². The zero-order valence-corrected chi connectivity index (χ0v) is 14.0. The quantitative estimate of drug-likeness (QED) is 0.631. The molecule has 0 fully saturated rings. The summed E-state index contributed by atoms with van der Waals surface area (Å²) in [6.45, 7) is 0.741. The SMILES string of the molecule is Clc1cc(I)ccc1NCc1ccc(-n2ccnc2)cc1. The van der Waals surface area contributed by atoms with Crippen molar-refractivity contribution in [1.29, 1.82) is 0 Å². The van der Waals surface area contributed by atoms with E-state index >= 15 is 0 Å². The topological polar surface area (TPSA) is 29.9 Å². The summed E-state index contributed by atoms with van der Waals surface area (Å²) in [5.41, 5.74) is 3.26. The number of nitrogens with zero attached hydrogens (tertiary/aromatic N) is 2. The molecule has 0 bridgehead atoms. The van der Waals surface area contributed by atoms with Gasteiger partial charge in [0.25, 0.3) is 0 Å². The minimum Gasteiger partial charge on any atom is -0.380 e. The highest BCUT2D eigenvalue weighted by atomic mass is 127. The molecule has 0 aliphatic carbocycles. The van der Waals surface area contributed by atoms with Gasteiger partial charge in [0, 0.05) is 28.2 Å². The van der Waals surface area contributed by atoms with E-state index < -0.39 is 0 Å². The molecule has 3 nitrogen and oxygen atoms in total. The maximum Gasteiger partial charge on any atom is 0.0991 e. The molecule has 5 heteroatoms. The molecule has 3 rings (SSSR count). The largest absolute Gasteiger partial charge is 0.380 e. The summed E-state index contributed by atoms with van der Waals surface area (Å²) in [5, 5.41) is 4.10. The second-order valence-electron chi connectivity index (χ2n) is 4.61. The minimum atomic E-state index is 0.741. The molecule has 0 saturated carbocycles. The number of halogens is 2. The third-order valence-corrected chi connectivity index (χ3v) is 4.14. The Morgan fingerprint density at radius 2 is 1.95 bits per heavy atom. The summed E-state index contributed by atoms with van der Waals surface area (Å²) in [6, 6.07) is 14.3. The van der Waals surface area contributed by atoms with Crippen LogP contribution in [-0.4, -0.2) is 9.55 Å². The van der Waals surface area contributed by atoms with Crippen molar-refractivity contribution in [3.8, 4) is 5.69 Å². The van der Waals surface area contributed by atoms with E-state index in [0.29, 0.717) is 0 Å². The smallest absolute Gasteiger partial charge is 0.0991 e. The molecule has 2 aromatic carbocycles. The van der Waals surface area contributed by atoms with Gasteiger partial charge in [-0.25, -0.2) is 4.98 Å². The van der Waals surface area contributed by atoms with E-state index in [9.17, 15) is 0 Å².